The molecule has 2 aromatic rings. The zero-order valence-electron chi connectivity index (χ0n) is 12.2. The van der Waals surface area contributed by atoms with E-state index in [-0.39, 0.29) is 5.91 Å². The number of amides is 2. The first-order valence-electron chi connectivity index (χ1n) is 7.02. The van der Waals surface area contributed by atoms with Crippen molar-refractivity contribution in [2.24, 2.45) is 0 Å². The predicted octanol–water partition coefficient (Wildman–Crippen LogP) is 3.52. The van der Waals surface area contributed by atoms with Crippen LogP contribution in [-0.4, -0.2) is 25.7 Å². The molecule has 5 nitrogen and oxygen atoms in total. The topological polar surface area (TPSA) is 58.6 Å². The molecule has 22 heavy (non-hydrogen) atoms. The van der Waals surface area contributed by atoms with Crippen LogP contribution in [0.4, 0.5) is 16.2 Å². The van der Waals surface area contributed by atoms with Gasteiger partial charge in [0.15, 0.2) is 0 Å². The highest BCUT2D eigenvalue weighted by Gasteiger charge is 2.24. The van der Waals surface area contributed by atoms with Gasteiger partial charge in [-0.05, 0) is 48.1 Å². The van der Waals surface area contributed by atoms with Gasteiger partial charge in [-0.3, -0.25) is 10.1 Å². The molecule has 3 rings (SSSR count). The molecule has 0 atom stereocenters. The Morgan fingerprint density at radius 1 is 1.32 bits per heavy atom. The molecule has 0 aliphatic carbocycles. The van der Waals surface area contributed by atoms with Crippen molar-refractivity contribution in [3.63, 3.8) is 0 Å². The number of aryl methyl sites for hydroxylation is 1. The van der Waals surface area contributed by atoms with Crippen molar-refractivity contribution in [1.82, 2.24) is 0 Å². The molecule has 1 aliphatic heterocycles. The summed E-state index contributed by atoms with van der Waals surface area (Å²) in [5, 5.41) is 4.56. The number of rotatable bonds is 2. The molecule has 1 aromatic carbocycles. The Morgan fingerprint density at radius 2 is 2.18 bits per heavy atom. The van der Waals surface area contributed by atoms with Gasteiger partial charge in [0.1, 0.15) is 0 Å². The summed E-state index contributed by atoms with van der Waals surface area (Å²) < 4.78 is 4.59. The summed E-state index contributed by atoms with van der Waals surface area (Å²) in [6, 6.07) is 9.29. The zero-order valence-corrected chi connectivity index (χ0v) is 13.0. The smallest absolute Gasteiger partial charge is 0.411 e. The number of fused-ring (bicyclic) bond motifs is 1. The van der Waals surface area contributed by atoms with Crippen LogP contribution in [0.15, 0.2) is 35.7 Å². The van der Waals surface area contributed by atoms with Crippen LogP contribution in [0.2, 0.25) is 0 Å². The number of ether oxygens (including phenoxy) is 1. The minimum atomic E-state index is -0.498. The molecule has 1 aliphatic rings. The summed E-state index contributed by atoms with van der Waals surface area (Å²) in [5.74, 6) is 0.0321. The van der Waals surface area contributed by atoms with Gasteiger partial charge in [0.2, 0.25) is 0 Å². The molecule has 114 valence electrons. The number of nitrogens with one attached hydrogen (secondary N) is 1. The van der Waals surface area contributed by atoms with Crippen LogP contribution in [0.5, 0.6) is 0 Å². The van der Waals surface area contributed by atoms with E-state index >= 15 is 0 Å². The van der Waals surface area contributed by atoms with Gasteiger partial charge in [0.05, 0.1) is 12.0 Å². The standard InChI is InChI=1S/C16H16N2O3S/c1-21-16(20)17-12-6-7-13-11(10-12)4-2-8-18(13)15(19)14-5-3-9-22-14/h3,5-7,9-10H,2,4,8H2,1H3,(H,17,20). The van der Waals surface area contributed by atoms with Gasteiger partial charge >= 0.3 is 6.09 Å². The highest BCUT2D eigenvalue weighted by molar-refractivity contribution is 7.12. The molecule has 0 saturated carbocycles. The molecule has 0 saturated heterocycles. The quantitative estimate of drug-likeness (QED) is 0.922. The lowest BCUT2D eigenvalue weighted by Crippen LogP contribution is -2.35. The Balaban J connectivity index is 1.87. The lowest BCUT2D eigenvalue weighted by Gasteiger charge is -2.29. The van der Waals surface area contributed by atoms with Crippen molar-refractivity contribution in [2.45, 2.75) is 12.8 Å². The molecule has 0 spiro atoms. The lowest BCUT2D eigenvalue weighted by molar-refractivity contribution is 0.0989. The fourth-order valence-electron chi connectivity index (χ4n) is 2.59. The number of carbonyl (C=O) groups excluding carboxylic acids is 2. The van der Waals surface area contributed by atoms with E-state index in [1.807, 2.05) is 34.5 Å². The largest absolute Gasteiger partial charge is 0.453 e. The fourth-order valence-corrected chi connectivity index (χ4v) is 3.26. The van der Waals surface area contributed by atoms with Gasteiger partial charge in [-0.15, -0.1) is 11.3 Å². The Morgan fingerprint density at radius 3 is 2.91 bits per heavy atom. The van der Waals surface area contributed by atoms with E-state index in [2.05, 4.69) is 10.1 Å². The lowest BCUT2D eigenvalue weighted by atomic mass is 10.0. The number of hydrogen-bond acceptors (Lipinski definition) is 4. The van der Waals surface area contributed by atoms with E-state index < -0.39 is 6.09 Å². The first-order chi connectivity index (χ1) is 10.7. The van der Waals surface area contributed by atoms with Crippen LogP contribution in [0, 0.1) is 0 Å². The molecule has 2 amide bonds. The summed E-state index contributed by atoms with van der Waals surface area (Å²) in [5.41, 5.74) is 2.65. The summed E-state index contributed by atoms with van der Waals surface area (Å²) in [4.78, 5) is 26.4. The summed E-state index contributed by atoms with van der Waals surface area (Å²) >= 11 is 1.45. The first kappa shape index (κ1) is 14.6. The molecule has 1 N–H and O–H groups in total. The van der Waals surface area contributed by atoms with Crippen molar-refractivity contribution in [2.75, 3.05) is 23.9 Å². The summed E-state index contributed by atoms with van der Waals surface area (Å²) in [7, 11) is 1.33. The number of anilines is 2. The molecule has 1 aromatic heterocycles. The molecule has 0 fully saturated rings. The molecular weight excluding hydrogens is 300 g/mol. The van der Waals surface area contributed by atoms with Crippen LogP contribution in [-0.2, 0) is 11.2 Å². The molecule has 2 heterocycles. The van der Waals surface area contributed by atoms with Crippen molar-refractivity contribution < 1.29 is 14.3 Å². The number of carbonyl (C=O) groups is 2. The third kappa shape index (κ3) is 2.82. The Labute approximate surface area is 132 Å². The Bertz CT molecular complexity index is 697. The molecule has 0 bridgehead atoms. The van der Waals surface area contributed by atoms with E-state index in [1.165, 1.54) is 18.4 Å². The van der Waals surface area contributed by atoms with E-state index in [0.29, 0.717) is 12.2 Å². The number of hydrogen-bond donors (Lipinski definition) is 1. The molecule has 0 radical (unpaired) electrons. The maximum atomic E-state index is 12.6. The molecule has 0 unspecified atom stereocenters. The van der Waals surface area contributed by atoms with Crippen molar-refractivity contribution in [3.05, 3.63) is 46.2 Å². The Kier molecular flexibility index (Phi) is 4.11. The second-order valence-corrected chi connectivity index (χ2v) is 5.95. The maximum absolute atomic E-state index is 12.6. The van der Waals surface area contributed by atoms with E-state index in [1.54, 1.807) is 6.07 Å². The number of nitrogens with zero attached hydrogens (tertiary/aromatic N) is 1. The highest BCUT2D eigenvalue weighted by atomic mass is 32.1. The number of methoxy groups -OCH3 is 1. The van der Waals surface area contributed by atoms with E-state index in [0.717, 1.165) is 29.0 Å². The number of thiophene rings is 1. The average Bonchev–Trinajstić information content (AvgIpc) is 3.07. The minimum Gasteiger partial charge on any atom is -0.453 e. The third-order valence-electron chi connectivity index (χ3n) is 3.61. The van der Waals surface area contributed by atoms with Crippen LogP contribution in [0.25, 0.3) is 0 Å². The first-order valence-corrected chi connectivity index (χ1v) is 7.90. The van der Waals surface area contributed by atoms with Crippen molar-refractivity contribution >= 4 is 34.7 Å². The van der Waals surface area contributed by atoms with Gasteiger partial charge in [0.25, 0.3) is 5.91 Å². The van der Waals surface area contributed by atoms with Gasteiger partial charge in [-0.2, -0.15) is 0 Å². The van der Waals surface area contributed by atoms with Gasteiger partial charge in [0, 0.05) is 17.9 Å². The average molecular weight is 316 g/mol. The predicted molar refractivity (Wildman–Crippen MR) is 86.8 cm³/mol. The van der Waals surface area contributed by atoms with Crippen LogP contribution >= 0.6 is 11.3 Å². The monoisotopic (exact) mass is 316 g/mol. The zero-order chi connectivity index (χ0) is 15.5. The normalized spacial score (nSPS) is 13.4. The Hall–Kier alpha value is -2.34. The van der Waals surface area contributed by atoms with Crippen molar-refractivity contribution in [3.8, 4) is 0 Å². The van der Waals surface area contributed by atoms with Gasteiger partial charge in [-0.25, -0.2) is 4.79 Å². The minimum absolute atomic E-state index is 0.0321. The highest BCUT2D eigenvalue weighted by Crippen LogP contribution is 2.31. The molecule has 6 heteroatoms. The SMILES string of the molecule is COC(=O)Nc1ccc2c(c1)CCCN2C(=O)c1cccs1. The second-order valence-electron chi connectivity index (χ2n) is 5.00. The number of benzene rings is 1. The van der Waals surface area contributed by atoms with Crippen LogP contribution in [0.3, 0.4) is 0 Å². The van der Waals surface area contributed by atoms with E-state index in [9.17, 15) is 9.59 Å². The van der Waals surface area contributed by atoms with Gasteiger partial charge in [-0.1, -0.05) is 6.07 Å². The third-order valence-corrected chi connectivity index (χ3v) is 4.46. The maximum Gasteiger partial charge on any atom is 0.411 e. The second kappa shape index (κ2) is 6.19. The fraction of sp³-hybridized carbons (Fsp3) is 0.250. The van der Waals surface area contributed by atoms with Crippen LogP contribution < -0.4 is 10.2 Å². The van der Waals surface area contributed by atoms with Crippen molar-refractivity contribution in [1.29, 1.82) is 0 Å². The van der Waals surface area contributed by atoms with E-state index in [4.69, 9.17) is 0 Å². The van der Waals surface area contributed by atoms with Crippen LogP contribution in [0.1, 0.15) is 21.7 Å². The summed E-state index contributed by atoms with van der Waals surface area (Å²) in [6.07, 6.45) is 1.30. The van der Waals surface area contributed by atoms with Gasteiger partial charge < -0.3 is 9.64 Å². The molecular formula is C16H16N2O3S. The summed E-state index contributed by atoms with van der Waals surface area (Å²) in [6.45, 7) is 0.716.